The Hall–Kier alpha value is -3.22. The lowest BCUT2D eigenvalue weighted by molar-refractivity contribution is 0.0964. The quantitative estimate of drug-likeness (QED) is 0.756. The minimum atomic E-state index is -0.524. The zero-order valence-corrected chi connectivity index (χ0v) is 14.4. The minimum Gasteiger partial charge on any atom is -0.497 e. The van der Waals surface area contributed by atoms with Crippen molar-refractivity contribution in [2.45, 2.75) is 18.8 Å². The van der Waals surface area contributed by atoms with E-state index in [1.54, 1.807) is 14.2 Å². The first-order valence-corrected chi connectivity index (χ1v) is 8.27. The third kappa shape index (κ3) is 2.44. The smallest absolute Gasteiger partial charge is 0.329 e. The van der Waals surface area contributed by atoms with Gasteiger partial charge in [0.05, 0.1) is 12.5 Å². The summed E-state index contributed by atoms with van der Waals surface area (Å²) in [4.78, 5) is 43.4. The molecule has 0 saturated carbocycles. The van der Waals surface area contributed by atoms with E-state index in [-0.39, 0.29) is 11.7 Å². The van der Waals surface area contributed by atoms with Crippen LogP contribution in [0.2, 0.25) is 0 Å². The summed E-state index contributed by atoms with van der Waals surface area (Å²) < 4.78 is 6.47. The van der Waals surface area contributed by atoms with E-state index in [2.05, 4.69) is 9.97 Å². The highest BCUT2D eigenvalue weighted by molar-refractivity contribution is 6.02. The van der Waals surface area contributed by atoms with Gasteiger partial charge in [-0.15, -0.1) is 0 Å². The second-order valence-corrected chi connectivity index (χ2v) is 6.47. The summed E-state index contributed by atoms with van der Waals surface area (Å²) in [5.41, 5.74) is 1.39. The average molecular weight is 351 g/mol. The number of aromatic amines is 1. The van der Waals surface area contributed by atoms with Crippen molar-refractivity contribution in [2.24, 2.45) is 7.05 Å². The van der Waals surface area contributed by atoms with Gasteiger partial charge in [0, 0.05) is 25.2 Å². The Balaban J connectivity index is 1.89. The van der Waals surface area contributed by atoms with Crippen LogP contribution in [0.1, 0.15) is 33.8 Å². The van der Waals surface area contributed by atoms with Crippen LogP contribution in [-0.2, 0) is 13.5 Å². The predicted molar refractivity (Wildman–Crippen MR) is 96.0 cm³/mol. The number of nitrogens with one attached hydrogen (secondary N) is 1. The summed E-state index contributed by atoms with van der Waals surface area (Å²) in [5.74, 6) is 0.662. The molecule has 1 aromatic carbocycles. The van der Waals surface area contributed by atoms with Gasteiger partial charge in [-0.25, -0.2) is 9.78 Å². The summed E-state index contributed by atoms with van der Waals surface area (Å²) in [6, 6.07) is 7.59. The van der Waals surface area contributed by atoms with Gasteiger partial charge in [-0.3, -0.25) is 19.1 Å². The number of fused-ring (bicyclic) bond motifs is 3. The monoisotopic (exact) mass is 351 g/mol. The van der Waals surface area contributed by atoms with E-state index >= 15 is 0 Å². The van der Waals surface area contributed by atoms with E-state index < -0.39 is 11.2 Å². The molecule has 26 heavy (non-hydrogen) atoms. The fourth-order valence-corrected chi connectivity index (χ4v) is 3.59. The van der Waals surface area contributed by atoms with Gasteiger partial charge >= 0.3 is 5.69 Å². The minimum absolute atomic E-state index is 0.0388. The predicted octanol–water partition coefficient (Wildman–Crippen LogP) is 1.54. The molecule has 1 N–H and O–H groups in total. The maximum Gasteiger partial charge on any atom is 0.329 e. The Labute approximate surface area is 148 Å². The van der Waals surface area contributed by atoms with Gasteiger partial charge in [0.25, 0.3) is 5.56 Å². The zero-order valence-electron chi connectivity index (χ0n) is 14.4. The van der Waals surface area contributed by atoms with Crippen molar-refractivity contribution in [3.05, 3.63) is 68.0 Å². The highest BCUT2D eigenvalue weighted by atomic mass is 16.5. The normalized spacial score (nSPS) is 16.5. The number of hydrogen-bond acceptors (Lipinski definition) is 5. The van der Waals surface area contributed by atoms with Crippen LogP contribution in [0.15, 0.2) is 40.1 Å². The Kier molecular flexibility index (Phi) is 3.72. The number of aryl methyl sites for hydroxylation is 1. The Bertz CT molecular complexity index is 1140. The van der Waals surface area contributed by atoms with E-state index in [1.807, 2.05) is 24.3 Å². The van der Waals surface area contributed by atoms with Crippen molar-refractivity contribution in [2.75, 3.05) is 7.11 Å². The van der Waals surface area contributed by atoms with Gasteiger partial charge in [0.1, 0.15) is 11.4 Å². The molecule has 0 saturated heterocycles. The van der Waals surface area contributed by atoms with Gasteiger partial charge < -0.3 is 4.74 Å². The van der Waals surface area contributed by atoms with E-state index in [4.69, 9.17) is 4.74 Å². The lowest BCUT2D eigenvalue weighted by Crippen LogP contribution is -2.31. The molecule has 3 aromatic rings. The number of benzene rings is 1. The van der Waals surface area contributed by atoms with Gasteiger partial charge in [0.15, 0.2) is 5.78 Å². The molecule has 0 amide bonds. The van der Waals surface area contributed by atoms with Crippen molar-refractivity contribution in [1.29, 1.82) is 0 Å². The van der Waals surface area contributed by atoms with Crippen molar-refractivity contribution in [3.8, 4) is 5.75 Å². The lowest BCUT2D eigenvalue weighted by Gasteiger charge is -2.25. The van der Waals surface area contributed by atoms with Crippen LogP contribution >= 0.6 is 0 Å². The molecule has 0 aliphatic heterocycles. The van der Waals surface area contributed by atoms with Crippen molar-refractivity contribution < 1.29 is 9.53 Å². The molecule has 4 rings (SSSR count). The molecule has 0 fully saturated rings. The van der Waals surface area contributed by atoms with E-state index in [9.17, 15) is 14.4 Å². The third-order valence-electron chi connectivity index (χ3n) is 5.01. The number of H-pyrrole nitrogens is 1. The fraction of sp³-hybridized carbons (Fsp3) is 0.263. The van der Waals surface area contributed by atoms with Gasteiger partial charge in [-0.1, -0.05) is 12.1 Å². The van der Waals surface area contributed by atoms with Crippen LogP contribution in [0.5, 0.6) is 5.75 Å². The molecule has 132 valence electrons. The maximum atomic E-state index is 12.7. The van der Waals surface area contributed by atoms with Crippen LogP contribution in [0.25, 0.3) is 11.0 Å². The fourth-order valence-electron chi connectivity index (χ4n) is 3.59. The van der Waals surface area contributed by atoms with Crippen LogP contribution in [0.4, 0.5) is 0 Å². The van der Waals surface area contributed by atoms with Crippen LogP contribution in [0, 0.1) is 0 Å². The number of rotatable bonds is 2. The number of Topliss-reactive ketones (excluding diaryl/α,β-unsaturated/α-hetero) is 1. The second-order valence-electron chi connectivity index (χ2n) is 6.47. The molecule has 1 aliphatic carbocycles. The Morgan fingerprint density at radius 2 is 1.88 bits per heavy atom. The molecule has 1 atom stereocenters. The largest absolute Gasteiger partial charge is 0.497 e. The SMILES string of the molecule is COc1ccc(C2CC(=O)c3cnc4c(c3C2)c(=O)[nH]c(=O)n4C)cc1. The highest BCUT2D eigenvalue weighted by Crippen LogP contribution is 2.35. The molecule has 7 nitrogen and oxygen atoms in total. The van der Waals surface area contributed by atoms with Crippen molar-refractivity contribution in [3.63, 3.8) is 0 Å². The molecular formula is C19H17N3O4. The Morgan fingerprint density at radius 3 is 2.58 bits per heavy atom. The summed E-state index contributed by atoms with van der Waals surface area (Å²) in [5, 5.41) is 0.316. The maximum absolute atomic E-state index is 12.7. The first-order chi connectivity index (χ1) is 12.5. The summed E-state index contributed by atoms with van der Waals surface area (Å²) in [6.45, 7) is 0. The standard InChI is InChI=1S/C19H17N3O4/c1-22-17-16(18(24)21-19(22)25)13-7-11(8-15(23)14(13)9-20-17)10-3-5-12(26-2)6-4-10/h3-6,9,11H,7-8H2,1-2H3,(H,21,24,25). The average Bonchev–Trinajstić information content (AvgIpc) is 2.65. The van der Waals surface area contributed by atoms with Crippen LogP contribution in [0.3, 0.4) is 0 Å². The molecular weight excluding hydrogens is 334 g/mol. The van der Waals surface area contributed by atoms with E-state index in [0.29, 0.717) is 35.0 Å². The lowest BCUT2D eigenvalue weighted by atomic mass is 9.79. The number of ketones is 1. The van der Waals surface area contributed by atoms with E-state index in [1.165, 1.54) is 10.8 Å². The highest BCUT2D eigenvalue weighted by Gasteiger charge is 2.29. The zero-order chi connectivity index (χ0) is 18.4. The summed E-state index contributed by atoms with van der Waals surface area (Å²) in [7, 11) is 3.15. The Morgan fingerprint density at radius 1 is 1.15 bits per heavy atom. The number of aromatic nitrogens is 3. The topological polar surface area (TPSA) is 94.1 Å². The van der Waals surface area contributed by atoms with Crippen LogP contribution < -0.4 is 16.0 Å². The second kappa shape index (κ2) is 5.94. The number of carbonyl (C=O) groups excluding carboxylic acids is 1. The van der Waals surface area contributed by atoms with Gasteiger partial charge in [-0.05, 0) is 35.6 Å². The molecule has 7 heteroatoms. The molecule has 0 spiro atoms. The summed E-state index contributed by atoms with van der Waals surface area (Å²) in [6.07, 6.45) is 2.37. The molecule has 2 aromatic heterocycles. The number of hydrogen-bond donors (Lipinski definition) is 1. The third-order valence-corrected chi connectivity index (χ3v) is 5.01. The number of ether oxygens (including phenoxy) is 1. The van der Waals surface area contributed by atoms with Crippen LogP contribution in [-0.4, -0.2) is 27.4 Å². The number of methoxy groups -OCH3 is 1. The van der Waals surface area contributed by atoms with Crippen molar-refractivity contribution >= 4 is 16.8 Å². The molecule has 1 unspecified atom stereocenters. The first kappa shape index (κ1) is 16.3. The van der Waals surface area contributed by atoms with Crippen molar-refractivity contribution in [1.82, 2.24) is 14.5 Å². The molecule has 1 aliphatic rings. The molecule has 2 heterocycles. The molecule has 0 radical (unpaired) electrons. The number of pyridine rings is 1. The van der Waals surface area contributed by atoms with Gasteiger partial charge in [0.2, 0.25) is 0 Å². The number of nitrogens with zero attached hydrogens (tertiary/aromatic N) is 2. The van der Waals surface area contributed by atoms with E-state index in [0.717, 1.165) is 11.3 Å². The first-order valence-electron chi connectivity index (χ1n) is 8.27. The van der Waals surface area contributed by atoms with Gasteiger partial charge in [-0.2, -0.15) is 0 Å². The summed E-state index contributed by atoms with van der Waals surface area (Å²) >= 11 is 0. The molecule has 0 bridgehead atoms. The number of carbonyl (C=O) groups is 1.